The van der Waals surface area contributed by atoms with Crippen LogP contribution < -0.4 is 4.74 Å². The van der Waals surface area contributed by atoms with Crippen LogP contribution in [0.1, 0.15) is 18.4 Å². The zero-order valence-corrected chi connectivity index (χ0v) is 13.2. The van der Waals surface area contributed by atoms with Crippen LogP contribution >= 0.6 is 0 Å². The molecule has 22 heavy (non-hydrogen) atoms. The maximum atomic E-state index is 12.0. The van der Waals surface area contributed by atoms with E-state index in [0.717, 1.165) is 17.7 Å². The van der Waals surface area contributed by atoms with Crippen LogP contribution in [0.15, 0.2) is 24.3 Å². The van der Waals surface area contributed by atoms with Gasteiger partial charge in [-0.2, -0.15) is 0 Å². The lowest BCUT2D eigenvalue weighted by Crippen LogP contribution is -2.28. The van der Waals surface area contributed by atoms with Gasteiger partial charge < -0.3 is 14.4 Å². The van der Waals surface area contributed by atoms with Gasteiger partial charge in [-0.05, 0) is 24.1 Å². The van der Waals surface area contributed by atoms with E-state index in [9.17, 15) is 9.59 Å². The van der Waals surface area contributed by atoms with E-state index in [-0.39, 0.29) is 17.6 Å². The van der Waals surface area contributed by atoms with Crippen molar-refractivity contribution in [2.45, 2.75) is 19.3 Å². The highest BCUT2D eigenvalue weighted by atomic mass is 16.5. The van der Waals surface area contributed by atoms with Crippen LogP contribution in [-0.2, 0) is 20.7 Å². The molecule has 0 N–H and O–H groups in total. The first-order chi connectivity index (χ1) is 10.6. The SMILES string of the molecule is COCCC(=O)[C@@H]1CC(=O)N(CCc2ccc(OC)cc2)C1. The minimum Gasteiger partial charge on any atom is -0.497 e. The molecule has 1 heterocycles. The zero-order valence-electron chi connectivity index (χ0n) is 13.2. The lowest BCUT2D eigenvalue weighted by molar-refractivity contribution is -0.128. The molecule has 0 aromatic heterocycles. The Labute approximate surface area is 131 Å². The molecule has 1 atom stereocenters. The number of rotatable bonds is 8. The number of amides is 1. The first kappa shape index (κ1) is 16.5. The van der Waals surface area contributed by atoms with Gasteiger partial charge >= 0.3 is 0 Å². The molecular weight excluding hydrogens is 282 g/mol. The number of methoxy groups -OCH3 is 2. The summed E-state index contributed by atoms with van der Waals surface area (Å²) in [4.78, 5) is 25.8. The Hall–Kier alpha value is -1.88. The van der Waals surface area contributed by atoms with Crippen molar-refractivity contribution in [3.8, 4) is 5.75 Å². The van der Waals surface area contributed by atoms with Crippen LogP contribution in [-0.4, -0.2) is 50.5 Å². The summed E-state index contributed by atoms with van der Waals surface area (Å²) in [6, 6.07) is 7.83. The second kappa shape index (κ2) is 7.94. The zero-order chi connectivity index (χ0) is 15.9. The normalized spacial score (nSPS) is 17.8. The van der Waals surface area contributed by atoms with E-state index < -0.39 is 0 Å². The monoisotopic (exact) mass is 305 g/mol. The predicted octanol–water partition coefficient (Wildman–Crippen LogP) is 1.69. The van der Waals surface area contributed by atoms with E-state index in [1.165, 1.54) is 0 Å². The van der Waals surface area contributed by atoms with Gasteiger partial charge in [0, 0.05) is 39.0 Å². The average molecular weight is 305 g/mol. The van der Waals surface area contributed by atoms with Crippen molar-refractivity contribution in [1.82, 2.24) is 4.90 Å². The fraction of sp³-hybridized carbons (Fsp3) is 0.529. The maximum Gasteiger partial charge on any atom is 0.223 e. The third-order valence-electron chi connectivity index (χ3n) is 4.05. The Kier molecular flexibility index (Phi) is 5.95. The van der Waals surface area contributed by atoms with E-state index in [0.29, 0.717) is 32.5 Å². The molecule has 0 spiro atoms. The van der Waals surface area contributed by atoms with Crippen molar-refractivity contribution in [2.24, 2.45) is 5.92 Å². The topological polar surface area (TPSA) is 55.8 Å². The highest BCUT2D eigenvalue weighted by Crippen LogP contribution is 2.20. The van der Waals surface area contributed by atoms with Gasteiger partial charge in [0.15, 0.2) is 0 Å². The van der Waals surface area contributed by atoms with E-state index in [4.69, 9.17) is 9.47 Å². The second-order valence-corrected chi connectivity index (χ2v) is 5.55. The maximum absolute atomic E-state index is 12.0. The summed E-state index contributed by atoms with van der Waals surface area (Å²) in [5.41, 5.74) is 1.16. The Morgan fingerprint density at radius 3 is 2.64 bits per heavy atom. The molecule has 1 saturated heterocycles. The molecule has 1 aliphatic rings. The Morgan fingerprint density at radius 2 is 2.00 bits per heavy atom. The minimum atomic E-state index is -0.168. The predicted molar refractivity (Wildman–Crippen MR) is 82.9 cm³/mol. The summed E-state index contributed by atoms with van der Waals surface area (Å²) in [5, 5.41) is 0. The number of ether oxygens (including phenoxy) is 2. The number of hydrogen-bond donors (Lipinski definition) is 0. The van der Waals surface area contributed by atoms with Crippen molar-refractivity contribution >= 4 is 11.7 Å². The quantitative estimate of drug-likeness (QED) is 0.733. The van der Waals surface area contributed by atoms with Gasteiger partial charge in [0.25, 0.3) is 0 Å². The van der Waals surface area contributed by atoms with Crippen LogP contribution in [0, 0.1) is 5.92 Å². The number of likely N-dealkylation sites (tertiary alicyclic amines) is 1. The molecular formula is C17H23NO4. The van der Waals surface area contributed by atoms with Crippen LogP contribution in [0.5, 0.6) is 5.75 Å². The first-order valence-corrected chi connectivity index (χ1v) is 7.56. The fourth-order valence-corrected chi connectivity index (χ4v) is 2.67. The number of carbonyl (C=O) groups excluding carboxylic acids is 2. The number of ketones is 1. The molecule has 5 heteroatoms. The number of carbonyl (C=O) groups is 2. The fourth-order valence-electron chi connectivity index (χ4n) is 2.67. The minimum absolute atomic E-state index is 0.0734. The first-order valence-electron chi connectivity index (χ1n) is 7.56. The summed E-state index contributed by atoms with van der Waals surface area (Å²) >= 11 is 0. The third kappa shape index (κ3) is 4.31. The Balaban J connectivity index is 1.82. The van der Waals surface area contributed by atoms with E-state index in [2.05, 4.69) is 0 Å². The summed E-state index contributed by atoms with van der Waals surface area (Å²) < 4.78 is 10.0. The number of nitrogens with zero attached hydrogens (tertiary/aromatic N) is 1. The summed E-state index contributed by atoms with van der Waals surface area (Å²) in [7, 11) is 3.22. The van der Waals surface area contributed by atoms with Gasteiger partial charge in [-0.3, -0.25) is 9.59 Å². The molecule has 1 amide bonds. The molecule has 0 saturated carbocycles. The Bertz CT molecular complexity index is 512. The standard InChI is InChI=1S/C17H23NO4/c1-21-10-8-16(19)14-11-17(20)18(12-14)9-7-13-3-5-15(22-2)6-4-13/h3-6,14H,7-12H2,1-2H3/t14-/m1/s1. The van der Waals surface area contributed by atoms with Gasteiger partial charge in [0.2, 0.25) is 5.91 Å². The summed E-state index contributed by atoms with van der Waals surface area (Å²) in [6.45, 7) is 1.62. The van der Waals surface area contributed by atoms with Crippen LogP contribution in [0.2, 0.25) is 0 Å². The molecule has 120 valence electrons. The highest BCUT2D eigenvalue weighted by Gasteiger charge is 2.33. The van der Waals surface area contributed by atoms with Gasteiger partial charge in [0.05, 0.1) is 13.7 Å². The van der Waals surface area contributed by atoms with Crippen molar-refractivity contribution in [1.29, 1.82) is 0 Å². The van der Waals surface area contributed by atoms with Gasteiger partial charge in [0.1, 0.15) is 11.5 Å². The molecule has 1 fully saturated rings. The molecule has 1 aromatic carbocycles. The molecule has 2 rings (SSSR count). The van der Waals surface area contributed by atoms with Crippen molar-refractivity contribution in [3.63, 3.8) is 0 Å². The molecule has 0 aliphatic carbocycles. The van der Waals surface area contributed by atoms with E-state index >= 15 is 0 Å². The van der Waals surface area contributed by atoms with Crippen molar-refractivity contribution < 1.29 is 19.1 Å². The largest absolute Gasteiger partial charge is 0.497 e. The van der Waals surface area contributed by atoms with Gasteiger partial charge in [-0.15, -0.1) is 0 Å². The van der Waals surface area contributed by atoms with Crippen LogP contribution in [0.3, 0.4) is 0 Å². The molecule has 0 bridgehead atoms. The van der Waals surface area contributed by atoms with E-state index in [1.807, 2.05) is 24.3 Å². The van der Waals surface area contributed by atoms with Crippen molar-refractivity contribution in [2.75, 3.05) is 33.9 Å². The third-order valence-corrected chi connectivity index (χ3v) is 4.05. The van der Waals surface area contributed by atoms with Gasteiger partial charge in [-0.1, -0.05) is 12.1 Å². The lowest BCUT2D eigenvalue weighted by atomic mass is 10.0. The van der Waals surface area contributed by atoms with Crippen LogP contribution in [0.4, 0.5) is 0 Å². The van der Waals surface area contributed by atoms with E-state index in [1.54, 1.807) is 19.1 Å². The molecule has 5 nitrogen and oxygen atoms in total. The molecule has 0 unspecified atom stereocenters. The number of Topliss-reactive ketones (excluding diaryl/α,β-unsaturated/α-hetero) is 1. The summed E-state index contributed by atoms with van der Waals surface area (Å²) in [5.74, 6) is 0.856. The number of benzene rings is 1. The number of hydrogen-bond acceptors (Lipinski definition) is 4. The smallest absolute Gasteiger partial charge is 0.223 e. The lowest BCUT2D eigenvalue weighted by Gasteiger charge is -2.16. The Morgan fingerprint density at radius 1 is 1.27 bits per heavy atom. The molecule has 1 aromatic rings. The average Bonchev–Trinajstić information content (AvgIpc) is 2.92. The van der Waals surface area contributed by atoms with Crippen molar-refractivity contribution in [3.05, 3.63) is 29.8 Å². The second-order valence-electron chi connectivity index (χ2n) is 5.55. The molecule has 1 aliphatic heterocycles. The van der Waals surface area contributed by atoms with Crippen LogP contribution in [0.25, 0.3) is 0 Å². The molecule has 0 radical (unpaired) electrons. The van der Waals surface area contributed by atoms with Gasteiger partial charge in [-0.25, -0.2) is 0 Å². The highest BCUT2D eigenvalue weighted by molar-refractivity contribution is 5.90. The summed E-state index contributed by atoms with van der Waals surface area (Å²) in [6.07, 6.45) is 1.51.